The maximum Gasteiger partial charge on any atom is 0.326 e. The van der Waals surface area contributed by atoms with Gasteiger partial charge in [0.2, 0.25) is 5.91 Å². The van der Waals surface area contributed by atoms with Gasteiger partial charge < -0.3 is 21.5 Å². The van der Waals surface area contributed by atoms with Gasteiger partial charge in [0, 0.05) is 0 Å². The number of aliphatic carboxylic acids is 1. The topological polar surface area (TPSA) is 122 Å². The normalized spacial score (nSPS) is 11.4. The summed E-state index contributed by atoms with van der Waals surface area (Å²) in [6.45, 7) is 0. The van der Waals surface area contributed by atoms with Crippen LogP contribution in [0.5, 0.6) is 0 Å². The molecule has 0 aromatic heterocycles. The van der Waals surface area contributed by atoms with E-state index in [1.165, 1.54) is 18.2 Å². The van der Waals surface area contributed by atoms with E-state index in [1.54, 1.807) is 0 Å². The zero-order chi connectivity index (χ0) is 14.4. The third-order valence-electron chi connectivity index (χ3n) is 2.13. The number of halogens is 1. The van der Waals surface area contributed by atoms with E-state index in [1.807, 2.05) is 5.32 Å². The number of para-hydroxylation sites is 1. The van der Waals surface area contributed by atoms with Gasteiger partial charge in [-0.05, 0) is 12.1 Å². The van der Waals surface area contributed by atoms with Gasteiger partial charge in [0.1, 0.15) is 11.9 Å². The number of carbonyl (C=O) groups is 3. The molecule has 1 aromatic rings. The second kappa shape index (κ2) is 6.34. The van der Waals surface area contributed by atoms with Crippen LogP contribution in [0.15, 0.2) is 24.3 Å². The number of rotatable bonds is 5. The highest BCUT2D eigenvalue weighted by Gasteiger charge is 2.22. The number of hydrogen-bond donors (Lipinski definition) is 4. The Kier molecular flexibility index (Phi) is 4.81. The number of carboxylic acid groups (broad SMARTS) is 1. The number of nitrogens with one attached hydrogen (secondary N) is 2. The van der Waals surface area contributed by atoms with Gasteiger partial charge in [-0.3, -0.25) is 4.79 Å². The van der Waals surface area contributed by atoms with Gasteiger partial charge in [-0.2, -0.15) is 0 Å². The molecule has 0 aliphatic heterocycles. The Bertz CT molecular complexity index is 506. The van der Waals surface area contributed by atoms with E-state index in [-0.39, 0.29) is 5.69 Å². The molecule has 0 aliphatic rings. The van der Waals surface area contributed by atoms with Crippen molar-refractivity contribution >= 4 is 23.6 Å². The summed E-state index contributed by atoms with van der Waals surface area (Å²) in [6, 6.07) is 2.96. The minimum atomic E-state index is -1.47. The van der Waals surface area contributed by atoms with Crippen LogP contribution in [0.3, 0.4) is 0 Å². The summed E-state index contributed by atoms with van der Waals surface area (Å²) in [4.78, 5) is 32.9. The molecule has 0 bridgehead atoms. The number of primary amides is 1. The Balaban J connectivity index is 2.65. The van der Waals surface area contributed by atoms with Gasteiger partial charge in [0.25, 0.3) is 0 Å². The molecule has 19 heavy (non-hydrogen) atoms. The molecule has 102 valence electrons. The van der Waals surface area contributed by atoms with E-state index >= 15 is 0 Å². The summed E-state index contributed by atoms with van der Waals surface area (Å²) in [5.41, 5.74) is 4.74. The zero-order valence-corrected chi connectivity index (χ0v) is 9.72. The van der Waals surface area contributed by atoms with E-state index < -0.39 is 36.2 Å². The van der Waals surface area contributed by atoms with Crippen LogP contribution in [-0.2, 0) is 9.59 Å². The highest BCUT2D eigenvalue weighted by atomic mass is 19.1. The van der Waals surface area contributed by atoms with Crippen molar-refractivity contribution in [3.63, 3.8) is 0 Å². The lowest BCUT2D eigenvalue weighted by Crippen LogP contribution is -2.45. The summed E-state index contributed by atoms with van der Waals surface area (Å²) in [5.74, 6) is -2.96. The van der Waals surface area contributed by atoms with Crippen molar-refractivity contribution in [2.24, 2.45) is 5.73 Å². The van der Waals surface area contributed by atoms with Gasteiger partial charge in [-0.25, -0.2) is 14.0 Å². The number of benzene rings is 1. The minimum Gasteiger partial charge on any atom is -0.480 e. The number of carbonyl (C=O) groups excluding carboxylic acids is 2. The van der Waals surface area contributed by atoms with Crippen LogP contribution in [0.4, 0.5) is 14.9 Å². The number of anilines is 1. The molecular weight excluding hydrogens is 257 g/mol. The summed E-state index contributed by atoms with van der Waals surface area (Å²) >= 11 is 0. The maximum atomic E-state index is 13.2. The SMILES string of the molecule is NC(=O)CC(NC(=O)Nc1ccccc1F)C(=O)O. The highest BCUT2D eigenvalue weighted by molar-refractivity contribution is 5.93. The fourth-order valence-corrected chi connectivity index (χ4v) is 1.28. The van der Waals surface area contributed by atoms with Crippen molar-refractivity contribution in [3.05, 3.63) is 30.1 Å². The molecule has 0 saturated carbocycles. The first-order valence-corrected chi connectivity index (χ1v) is 5.23. The molecule has 1 aromatic carbocycles. The summed E-state index contributed by atoms with van der Waals surface area (Å²) in [7, 11) is 0. The summed E-state index contributed by atoms with van der Waals surface area (Å²) in [5, 5.41) is 12.9. The monoisotopic (exact) mass is 269 g/mol. The molecule has 0 spiro atoms. The number of urea groups is 1. The summed E-state index contributed by atoms with van der Waals surface area (Å²) in [6.07, 6.45) is -0.556. The number of hydrogen-bond acceptors (Lipinski definition) is 3. The first-order chi connectivity index (χ1) is 8.90. The highest BCUT2D eigenvalue weighted by Crippen LogP contribution is 2.11. The molecule has 7 nitrogen and oxygen atoms in total. The Labute approximate surface area is 107 Å². The van der Waals surface area contributed by atoms with Crippen LogP contribution in [0.25, 0.3) is 0 Å². The van der Waals surface area contributed by atoms with Crippen LogP contribution in [-0.4, -0.2) is 29.1 Å². The minimum absolute atomic E-state index is 0.108. The predicted molar refractivity (Wildman–Crippen MR) is 63.8 cm³/mol. The summed E-state index contributed by atoms with van der Waals surface area (Å²) < 4.78 is 13.2. The van der Waals surface area contributed by atoms with Crippen molar-refractivity contribution in [1.82, 2.24) is 5.32 Å². The van der Waals surface area contributed by atoms with Crippen LogP contribution in [0.2, 0.25) is 0 Å². The average Bonchev–Trinajstić information content (AvgIpc) is 2.30. The van der Waals surface area contributed by atoms with Crippen LogP contribution in [0.1, 0.15) is 6.42 Å². The van der Waals surface area contributed by atoms with Gasteiger partial charge in [0.05, 0.1) is 12.1 Å². The van der Waals surface area contributed by atoms with Gasteiger partial charge >= 0.3 is 12.0 Å². The number of nitrogens with two attached hydrogens (primary N) is 1. The molecule has 1 unspecified atom stereocenters. The van der Waals surface area contributed by atoms with Crippen molar-refractivity contribution in [2.75, 3.05) is 5.32 Å². The van der Waals surface area contributed by atoms with E-state index in [4.69, 9.17) is 10.8 Å². The Morgan fingerprint density at radius 1 is 1.32 bits per heavy atom. The number of carboxylic acids is 1. The van der Waals surface area contributed by atoms with E-state index in [0.29, 0.717) is 0 Å². The van der Waals surface area contributed by atoms with E-state index in [2.05, 4.69) is 5.32 Å². The van der Waals surface area contributed by atoms with Crippen LogP contribution >= 0.6 is 0 Å². The molecule has 0 radical (unpaired) electrons. The van der Waals surface area contributed by atoms with E-state index in [9.17, 15) is 18.8 Å². The Morgan fingerprint density at radius 2 is 1.95 bits per heavy atom. The van der Waals surface area contributed by atoms with Crippen molar-refractivity contribution in [2.45, 2.75) is 12.5 Å². The van der Waals surface area contributed by atoms with Crippen molar-refractivity contribution in [3.8, 4) is 0 Å². The molecule has 5 N–H and O–H groups in total. The molecule has 0 aliphatic carbocycles. The second-order valence-electron chi connectivity index (χ2n) is 3.64. The van der Waals surface area contributed by atoms with Gasteiger partial charge in [-0.15, -0.1) is 0 Å². The molecule has 3 amide bonds. The molecule has 0 heterocycles. The lowest BCUT2D eigenvalue weighted by atomic mass is 10.2. The van der Waals surface area contributed by atoms with Crippen LogP contribution in [0, 0.1) is 5.82 Å². The Morgan fingerprint density at radius 3 is 2.47 bits per heavy atom. The lowest BCUT2D eigenvalue weighted by Gasteiger charge is -2.13. The zero-order valence-electron chi connectivity index (χ0n) is 9.72. The average molecular weight is 269 g/mol. The lowest BCUT2D eigenvalue weighted by molar-refractivity contribution is -0.140. The predicted octanol–water partition coefficient (Wildman–Crippen LogP) is 0.276. The standard InChI is InChI=1S/C11H12FN3O4/c12-6-3-1-2-4-7(6)14-11(19)15-8(10(17)18)5-9(13)16/h1-4,8H,5H2,(H2,13,16)(H,17,18)(H2,14,15,19). The van der Waals surface area contributed by atoms with Crippen LogP contribution < -0.4 is 16.4 Å². The Hall–Kier alpha value is -2.64. The van der Waals surface area contributed by atoms with Crippen molar-refractivity contribution < 1.29 is 23.9 Å². The van der Waals surface area contributed by atoms with Gasteiger partial charge in [0.15, 0.2) is 0 Å². The first kappa shape index (κ1) is 14.4. The third kappa shape index (κ3) is 4.62. The molecule has 0 fully saturated rings. The van der Waals surface area contributed by atoms with Gasteiger partial charge in [-0.1, -0.05) is 12.1 Å². The molecule has 8 heteroatoms. The molecule has 1 rings (SSSR count). The second-order valence-corrected chi connectivity index (χ2v) is 3.64. The maximum absolute atomic E-state index is 13.2. The smallest absolute Gasteiger partial charge is 0.326 e. The van der Waals surface area contributed by atoms with E-state index in [0.717, 1.165) is 6.07 Å². The third-order valence-corrected chi connectivity index (χ3v) is 2.13. The molecule has 0 saturated heterocycles. The van der Waals surface area contributed by atoms with Crippen molar-refractivity contribution in [1.29, 1.82) is 0 Å². The number of amides is 3. The molecular formula is C11H12FN3O4. The quantitative estimate of drug-likeness (QED) is 0.613. The first-order valence-electron chi connectivity index (χ1n) is 5.23. The fraction of sp³-hybridized carbons (Fsp3) is 0.182. The fourth-order valence-electron chi connectivity index (χ4n) is 1.28. The largest absolute Gasteiger partial charge is 0.480 e. The molecule has 1 atom stereocenters.